The topological polar surface area (TPSA) is 52.3 Å². The molecule has 2 heterocycles. The maximum Gasteiger partial charge on any atom is 0.174 e. The van der Waals surface area contributed by atoms with Crippen molar-refractivity contribution in [2.45, 2.75) is 6.04 Å². The average molecular weight is 292 g/mol. The highest BCUT2D eigenvalue weighted by molar-refractivity contribution is 9.10. The van der Waals surface area contributed by atoms with E-state index in [2.05, 4.69) is 15.9 Å². The van der Waals surface area contributed by atoms with E-state index in [0.29, 0.717) is 4.67 Å². The normalized spacial score (nSPS) is 13.1. The van der Waals surface area contributed by atoms with Gasteiger partial charge in [0.2, 0.25) is 0 Å². The largest absolute Gasteiger partial charge is 0.459 e. The van der Waals surface area contributed by atoms with Crippen LogP contribution in [0.5, 0.6) is 0 Å². The first-order valence-corrected chi connectivity index (χ1v) is 6.02. The van der Waals surface area contributed by atoms with Gasteiger partial charge >= 0.3 is 0 Å². The van der Waals surface area contributed by atoms with Gasteiger partial charge in [-0.2, -0.15) is 0 Å². The summed E-state index contributed by atoms with van der Waals surface area (Å²) in [5, 5.41) is 1.05. The molecule has 2 N–H and O–H groups in total. The Morgan fingerprint density at radius 2 is 2.00 bits per heavy atom. The molecular weight excluding hydrogens is 282 g/mol. The van der Waals surface area contributed by atoms with Crippen molar-refractivity contribution < 1.29 is 8.83 Å². The number of halogens is 1. The van der Waals surface area contributed by atoms with Crippen molar-refractivity contribution in [3.05, 3.63) is 58.7 Å². The monoisotopic (exact) mass is 291 g/mol. The summed E-state index contributed by atoms with van der Waals surface area (Å²) in [5.41, 5.74) is 7.87. The fraction of sp³-hybridized carbons (Fsp3) is 0.0769. The smallest absolute Gasteiger partial charge is 0.174 e. The summed E-state index contributed by atoms with van der Waals surface area (Å²) < 4.78 is 11.5. The zero-order chi connectivity index (χ0) is 11.8. The van der Waals surface area contributed by atoms with Crippen LogP contribution in [0.15, 0.2) is 56.2 Å². The maximum atomic E-state index is 6.14. The number of para-hydroxylation sites is 1. The third-order valence-electron chi connectivity index (χ3n) is 2.73. The number of rotatable bonds is 2. The Hall–Kier alpha value is -1.52. The first-order chi connectivity index (χ1) is 8.25. The van der Waals surface area contributed by atoms with Gasteiger partial charge < -0.3 is 14.6 Å². The molecule has 0 saturated heterocycles. The van der Waals surface area contributed by atoms with Crippen LogP contribution < -0.4 is 5.73 Å². The van der Waals surface area contributed by atoms with Gasteiger partial charge in [-0.1, -0.05) is 18.2 Å². The second-order valence-corrected chi connectivity index (χ2v) is 4.53. The minimum Gasteiger partial charge on any atom is -0.459 e. The number of hydrogen-bond donors (Lipinski definition) is 1. The fourth-order valence-electron chi connectivity index (χ4n) is 1.84. The van der Waals surface area contributed by atoms with Crippen LogP contribution in [0, 0.1) is 0 Å². The van der Waals surface area contributed by atoms with Crippen LogP contribution in [-0.4, -0.2) is 0 Å². The van der Waals surface area contributed by atoms with Crippen molar-refractivity contribution in [1.82, 2.24) is 0 Å². The number of nitrogens with two attached hydrogens (primary N) is 1. The Kier molecular flexibility index (Phi) is 2.53. The highest BCUT2D eigenvalue weighted by Gasteiger charge is 2.18. The van der Waals surface area contributed by atoms with Gasteiger partial charge in [-0.3, -0.25) is 0 Å². The van der Waals surface area contributed by atoms with Crippen LogP contribution in [0.2, 0.25) is 0 Å². The van der Waals surface area contributed by atoms with E-state index in [1.54, 1.807) is 6.26 Å². The van der Waals surface area contributed by atoms with Crippen molar-refractivity contribution in [1.29, 1.82) is 0 Å². The zero-order valence-electron chi connectivity index (χ0n) is 8.89. The second kappa shape index (κ2) is 4.05. The summed E-state index contributed by atoms with van der Waals surface area (Å²) in [6.45, 7) is 0. The summed E-state index contributed by atoms with van der Waals surface area (Å²) in [6, 6.07) is 11.3. The third kappa shape index (κ3) is 1.79. The van der Waals surface area contributed by atoms with Crippen LogP contribution in [-0.2, 0) is 0 Å². The lowest BCUT2D eigenvalue weighted by Crippen LogP contribution is -2.10. The minimum absolute atomic E-state index is 0.324. The quantitative estimate of drug-likeness (QED) is 0.780. The van der Waals surface area contributed by atoms with Crippen molar-refractivity contribution in [3.8, 4) is 0 Å². The van der Waals surface area contributed by atoms with Gasteiger partial charge in [0.25, 0.3) is 0 Å². The molecule has 4 heteroatoms. The Morgan fingerprint density at radius 3 is 2.71 bits per heavy atom. The molecule has 0 aliphatic rings. The summed E-state index contributed by atoms with van der Waals surface area (Å²) >= 11 is 3.32. The van der Waals surface area contributed by atoms with Crippen LogP contribution >= 0.6 is 15.9 Å². The van der Waals surface area contributed by atoms with Gasteiger partial charge in [0.05, 0.1) is 12.3 Å². The van der Waals surface area contributed by atoms with Gasteiger partial charge in [-0.05, 0) is 34.1 Å². The van der Waals surface area contributed by atoms with E-state index < -0.39 is 0 Å². The molecule has 1 atom stereocenters. The lowest BCUT2D eigenvalue weighted by molar-refractivity contribution is 0.508. The Morgan fingerprint density at radius 1 is 1.18 bits per heavy atom. The Labute approximate surface area is 106 Å². The number of benzene rings is 1. The van der Waals surface area contributed by atoms with Crippen molar-refractivity contribution in [2.75, 3.05) is 0 Å². The van der Waals surface area contributed by atoms with Gasteiger partial charge in [0, 0.05) is 10.9 Å². The third-order valence-corrected chi connectivity index (χ3v) is 3.38. The van der Waals surface area contributed by atoms with Crippen molar-refractivity contribution in [2.24, 2.45) is 5.73 Å². The molecule has 0 radical (unpaired) electrons. The molecule has 0 bridgehead atoms. The minimum atomic E-state index is -0.324. The SMILES string of the molecule is NC(c1cc2ccccc2o1)c1ccoc1Br. The molecule has 3 rings (SSSR count). The van der Waals surface area contributed by atoms with Gasteiger partial charge in [0.1, 0.15) is 11.3 Å². The van der Waals surface area contributed by atoms with E-state index in [4.69, 9.17) is 14.6 Å². The highest BCUT2D eigenvalue weighted by atomic mass is 79.9. The Balaban J connectivity index is 2.07. The standard InChI is InChI=1S/C13H10BrNO2/c14-13-9(5-6-16-13)12(15)11-7-8-3-1-2-4-10(8)17-11/h1-7,12H,15H2. The molecule has 0 aliphatic heterocycles. The molecule has 2 aromatic heterocycles. The maximum absolute atomic E-state index is 6.14. The highest BCUT2D eigenvalue weighted by Crippen LogP contribution is 2.30. The van der Waals surface area contributed by atoms with Crippen LogP contribution in [0.1, 0.15) is 17.4 Å². The summed E-state index contributed by atoms with van der Waals surface area (Å²) in [4.78, 5) is 0. The van der Waals surface area contributed by atoms with Crippen LogP contribution in [0.25, 0.3) is 11.0 Å². The van der Waals surface area contributed by atoms with Crippen molar-refractivity contribution >= 4 is 26.9 Å². The van der Waals surface area contributed by atoms with E-state index in [-0.39, 0.29) is 6.04 Å². The molecule has 0 saturated carbocycles. The van der Waals surface area contributed by atoms with Gasteiger partial charge in [-0.25, -0.2) is 0 Å². The second-order valence-electron chi connectivity index (χ2n) is 3.81. The zero-order valence-corrected chi connectivity index (χ0v) is 10.5. The molecule has 86 valence electrons. The predicted molar refractivity (Wildman–Crippen MR) is 68.7 cm³/mol. The fourth-order valence-corrected chi connectivity index (χ4v) is 2.32. The molecule has 0 fully saturated rings. The van der Waals surface area contributed by atoms with Crippen molar-refractivity contribution in [3.63, 3.8) is 0 Å². The molecule has 1 aromatic carbocycles. The number of hydrogen-bond acceptors (Lipinski definition) is 3. The molecule has 0 spiro atoms. The molecule has 3 aromatic rings. The molecule has 1 unspecified atom stereocenters. The first kappa shape index (κ1) is 10.6. The summed E-state index contributed by atoms with van der Waals surface area (Å²) in [5.74, 6) is 0.730. The van der Waals surface area contributed by atoms with E-state index in [9.17, 15) is 0 Å². The number of furan rings is 2. The van der Waals surface area contributed by atoms with Gasteiger partial charge in [-0.15, -0.1) is 0 Å². The predicted octanol–water partition coefficient (Wildman–Crippen LogP) is 3.84. The lowest BCUT2D eigenvalue weighted by Gasteiger charge is -2.05. The van der Waals surface area contributed by atoms with E-state index in [1.807, 2.05) is 36.4 Å². The lowest BCUT2D eigenvalue weighted by atomic mass is 10.1. The summed E-state index contributed by atoms with van der Waals surface area (Å²) in [7, 11) is 0. The van der Waals surface area contributed by atoms with E-state index in [0.717, 1.165) is 22.3 Å². The molecule has 3 nitrogen and oxygen atoms in total. The first-order valence-electron chi connectivity index (χ1n) is 5.22. The molecule has 0 amide bonds. The summed E-state index contributed by atoms with van der Waals surface area (Å²) in [6.07, 6.45) is 1.60. The average Bonchev–Trinajstić information content (AvgIpc) is 2.93. The van der Waals surface area contributed by atoms with Gasteiger partial charge in [0.15, 0.2) is 4.67 Å². The van der Waals surface area contributed by atoms with E-state index >= 15 is 0 Å². The molecular formula is C13H10BrNO2. The molecule has 0 aliphatic carbocycles. The Bertz CT molecular complexity index is 623. The molecule has 17 heavy (non-hydrogen) atoms. The van der Waals surface area contributed by atoms with Crippen LogP contribution in [0.4, 0.5) is 0 Å². The number of fused-ring (bicyclic) bond motifs is 1. The van der Waals surface area contributed by atoms with Crippen LogP contribution in [0.3, 0.4) is 0 Å². The van der Waals surface area contributed by atoms with E-state index in [1.165, 1.54) is 0 Å².